The van der Waals surface area contributed by atoms with Gasteiger partial charge in [0.25, 0.3) is 5.91 Å². The molecule has 8 nitrogen and oxygen atoms in total. The van der Waals surface area contributed by atoms with Crippen LogP contribution in [-0.2, 0) is 21.4 Å². The Bertz CT molecular complexity index is 1370. The number of rotatable bonds is 10. The summed E-state index contributed by atoms with van der Waals surface area (Å²) in [5.74, 6) is 0.390. The van der Waals surface area contributed by atoms with Gasteiger partial charge in [-0.15, -0.1) is 0 Å². The molecule has 190 valence electrons. The molecule has 0 saturated carbocycles. The van der Waals surface area contributed by atoms with Gasteiger partial charge in [-0.25, -0.2) is 13.8 Å². The molecule has 0 fully saturated rings. The minimum Gasteiger partial charge on any atom is -0.493 e. The molecule has 36 heavy (non-hydrogen) atoms. The van der Waals surface area contributed by atoms with Crippen molar-refractivity contribution in [2.24, 2.45) is 5.10 Å². The van der Waals surface area contributed by atoms with Gasteiger partial charge in [0, 0.05) is 5.02 Å². The van der Waals surface area contributed by atoms with Crippen molar-refractivity contribution in [3.8, 4) is 11.5 Å². The highest BCUT2D eigenvalue weighted by atomic mass is 79.9. The molecule has 3 rings (SSSR count). The van der Waals surface area contributed by atoms with E-state index in [-0.39, 0.29) is 0 Å². The number of halogens is 2. The summed E-state index contributed by atoms with van der Waals surface area (Å²) in [6.45, 7) is 1.59. The number of sulfonamides is 1. The second-order valence-electron chi connectivity index (χ2n) is 7.76. The van der Waals surface area contributed by atoms with Gasteiger partial charge < -0.3 is 9.47 Å². The second kappa shape index (κ2) is 12.2. The van der Waals surface area contributed by atoms with Gasteiger partial charge in [-0.05, 0) is 63.8 Å². The van der Waals surface area contributed by atoms with E-state index in [1.807, 2.05) is 30.3 Å². The highest BCUT2D eigenvalue weighted by Gasteiger charge is 2.23. The molecule has 0 aliphatic heterocycles. The topological polar surface area (TPSA) is 97.3 Å². The Morgan fingerprint density at radius 3 is 2.56 bits per heavy atom. The van der Waals surface area contributed by atoms with Gasteiger partial charge in [-0.3, -0.25) is 9.10 Å². The van der Waals surface area contributed by atoms with Crippen LogP contribution in [0.2, 0.25) is 5.02 Å². The van der Waals surface area contributed by atoms with Crippen molar-refractivity contribution in [3.63, 3.8) is 0 Å². The van der Waals surface area contributed by atoms with Gasteiger partial charge >= 0.3 is 0 Å². The molecule has 3 aromatic carbocycles. The van der Waals surface area contributed by atoms with Crippen molar-refractivity contribution in [2.45, 2.75) is 13.5 Å². The maximum atomic E-state index is 12.5. The molecule has 0 spiro atoms. The Balaban J connectivity index is 1.70. The minimum atomic E-state index is -3.75. The Kier molecular flexibility index (Phi) is 9.36. The molecule has 0 aromatic heterocycles. The molecule has 0 bridgehead atoms. The molecule has 0 radical (unpaired) electrons. The Morgan fingerprint density at radius 1 is 1.17 bits per heavy atom. The molecule has 0 aliphatic carbocycles. The van der Waals surface area contributed by atoms with Crippen molar-refractivity contribution in [3.05, 3.63) is 86.8 Å². The Labute approximate surface area is 224 Å². The van der Waals surface area contributed by atoms with E-state index < -0.39 is 22.5 Å². The molecule has 0 atom stereocenters. The number of carbonyl (C=O) groups excluding carboxylic acids is 1. The fraction of sp³-hybridized carbons (Fsp3) is 0.200. The molecular weight excluding hydrogens is 570 g/mol. The van der Waals surface area contributed by atoms with Gasteiger partial charge in [0.15, 0.2) is 11.5 Å². The second-order valence-corrected chi connectivity index (χ2v) is 10.9. The SMILES string of the molecule is COc1cc(/C=N\NC(=O)CN(c2cccc(Cl)c2C)S(C)(=O)=O)cc(Br)c1OCc1ccccc1. The number of benzene rings is 3. The van der Waals surface area contributed by atoms with E-state index in [0.717, 1.165) is 16.1 Å². The number of nitrogens with one attached hydrogen (secondary N) is 1. The average Bonchev–Trinajstić information content (AvgIpc) is 2.83. The van der Waals surface area contributed by atoms with E-state index >= 15 is 0 Å². The first-order valence-corrected chi connectivity index (χ1v) is 13.7. The Morgan fingerprint density at radius 2 is 1.89 bits per heavy atom. The van der Waals surface area contributed by atoms with Crippen LogP contribution in [0.3, 0.4) is 0 Å². The molecule has 0 unspecified atom stereocenters. The molecule has 1 N–H and O–H groups in total. The van der Waals surface area contributed by atoms with Crippen molar-refractivity contribution in [2.75, 3.05) is 24.2 Å². The maximum absolute atomic E-state index is 12.5. The normalized spacial score (nSPS) is 11.4. The third-order valence-electron chi connectivity index (χ3n) is 5.08. The lowest BCUT2D eigenvalue weighted by molar-refractivity contribution is -0.119. The van der Waals surface area contributed by atoms with E-state index in [0.29, 0.717) is 44.4 Å². The summed E-state index contributed by atoms with van der Waals surface area (Å²) < 4.78 is 37.7. The summed E-state index contributed by atoms with van der Waals surface area (Å²) >= 11 is 9.61. The summed E-state index contributed by atoms with van der Waals surface area (Å²) in [6.07, 6.45) is 2.44. The molecule has 11 heteroatoms. The number of hydrogen-bond acceptors (Lipinski definition) is 6. The van der Waals surface area contributed by atoms with Gasteiger partial charge in [0.1, 0.15) is 13.2 Å². The zero-order valence-corrected chi connectivity index (χ0v) is 23.0. The maximum Gasteiger partial charge on any atom is 0.260 e. The Hall–Kier alpha value is -3.08. The summed E-state index contributed by atoms with van der Waals surface area (Å²) in [5, 5.41) is 4.36. The number of hydrazone groups is 1. The number of amides is 1. The van der Waals surface area contributed by atoms with Crippen molar-refractivity contribution < 1.29 is 22.7 Å². The first-order chi connectivity index (χ1) is 17.1. The van der Waals surface area contributed by atoms with Crippen molar-refractivity contribution >= 4 is 55.4 Å². The van der Waals surface area contributed by atoms with Crippen LogP contribution in [0.5, 0.6) is 11.5 Å². The van der Waals surface area contributed by atoms with Gasteiger partial charge in [-0.1, -0.05) is 48.0 Å². The van der Waals surface area contributed by atoms with Gasteiger partial charge in [0.05, 0.1) is 29.7 Å². The standard InChI is InChI=1S/C25H25BrClN3O5S/c1-17-21(27)10-7-11-22(17)30(36(3,32)33)15-24(31)29-28-14-19-12-20(26)25(23(13-19)34-2)35-16-18-8-5-4-6-9-18/h4-14H,15-16H2,1-3H3,(H,29,31)/b28-14-. The van der Waals surface area contributed by atoms with Gasteiger partial charge in [0.2, 0.25) is 10.0 Å². The predicted octanol–water partition coefficient (Wildman–Crippen LogP) is 4.91. The largest absolute Gasteiger partial charge is 0.493 e. The highest BCUT2D eigenvalue weighted by Crippen LogP contribution is 2.37. The smallest absolute Gasteiger partial charge is 0.260 e. The van der Waals surface area contributed by atoms with E-state index in [9.17, 15) is 13.2 Å². The molecule has 1 amide bonds. The molecule has 0 aliphatic rings. The lowest BCUT2D eigenvalue weighted by Gasteiger charge is -2.23. The molecule has 3 aromatic rings. The third kappa shape index (κ3) is 7.22. The number of ether oxygens (including phenoxy) is 2. The van der Waals surface area contributed by atoms with Crippen LogP contribution in [0, 0.1) is 6.92 Å². The van der Waals surface area contributed by atoms with Crippen LogP contribution in [0.15, 0.2) is 70.2 Å². The quantitative estimate of drug-likeness (QED) is 0.266. The fourth-order valence-corrected chi connectivity index (χ4v) is 4.93. The van der Waals surface area contributed by atoms with Crippen LogP contribution in [0.25, 0.3) is 0 Å². The number of carbonyl (C=O) groups is 1. The monoisotopic (exact) mass is 593 g/mol. The fourth-order valence-electron chi connectivity index (χ4n) is 3.28. The van der Waals surface area contributed by atoms with Crippen molar-refractivity contribution in [1.82, 2.24) is 5.43 Å². The van der Waals surface area contributed by atoms with Crippen LogP contribution < -0.4 is 19.2 Å². The van der Waals surface area contributed by atoms with E-state index in [4.69, 9.17) is 21.1 Å². The van der Waals surface area contributed by atoms with E-state index in [1.54, 1.807) is 37.3 Å². The lowest BCUT2D eigenvalue weighted by Crippen LogP contribution is -2.39. The zero-order valence-electron chi connectivity index (χ0n) is 19.9. The third-order valence-corrected chi connectivity index (χ3v) is 7.20. The molecular formula is C25H25BrClN3O5S. The summed E-state index contributed by atoms with van der Waals surface area (Å²) in [4.78, 5) is 12.5. The van der Waals surface area contributed by atoms with Crippen LogP contribution >= 0.6 is 27.5 Å². The minimum absolute atomic E-state index is 0.323. The van der Waals surface area contributed by atoms with Crippen molar-refractivity contribution in [1.29, 1.82) is 0 Å². The summed E-state index contributed by atoms with van der Waals surface area (Å²) in [6, 6.07) is 18.1. The predicted molar refractivity (Wildman–Crippen MR) is 146 cm³/mol. The van der Waals surface area contributed by atoms with Crippen LogP contribution in [0.4, 0.5) is 5.69 Å². The first-order valence-electron chi connectivity index (χ1n) is 10.7. The van der Waals surface area contributed by atoms with Crippen LogP contribution in [0.1, 0.15) is 16.7 Å². The van der Waals surface area contributed by atoms with E-state index in [2.05, 4.69) is 26.5 Å². The van der Waals surface area contributed by atoms with Crippen LogP contribution in [-0.4, -0.2) is 40.4 Å². The average molecular weight is 595 g/mol. The molecule has 0 saturated heterocycles. The number of anilines is 1. The highest BCUT2D eigenvalue weighted by molar-refractivity contribution is 9.10. The summed E-state index contributed by atoms with van der Waals surface area (Å²) in [5.41, 5.74) is 4.86. The zero-order chi connectivity index (χ0) is 26.3. The number of nitrogens with zero attached hydrogens (tertiary/aromatic N) is 2. The van der Waals surface area contributed by atoms with Gasteiger partial charge in [-0.2, -0.15) is 5.10 Å². The van der Waals surface area contributed by atoms with E-state index in [1.165, 1.54) is 13.3 Å². The first kappa shape index (κ1) is 27.5. The lowest BCUT2D eigenvalue weighted by atomic mass is 10.2. The molecule has 0 heterocycles. The number of hydrogen-bond donors (Lipinski definition) is 1. The number of methoxy groups -OCH3 is 1. The summed E-state index contributed by atoms with van der Waals surface area (Å²) in [7, 11) is -2.22.